The first-order valence-corrected chi connectivity index (χ1v) is 5.40. The molecule has 0 aromatic carbocycles. The van der Waals surface area contributed by atoms with Gasteiger partial charge in [-0.05, 0) is 17.5 Å². The van der Waals surface area contributed by atoms with Gasteiger partial charge < -0.3 is 9.51 Å². The summed E-state index contributed by atoms with van der Waals surface area (Å²) >= 11 is 0. The molecule has 0 amide bonds. The molecule has 5 heteroatoms. The van der Waals surface area contributed by atoms with Gasteiger partial charge in [0.1, 0.15) is 17.5 Å². The lowest BCUT2D eigenvalue weighted by Gasteiger charge is -2.14. The van der Waals surface area contributed by atoms with Gasteiger partial charge in [-0.2, -0.15) is 10.2 Å². The van der Waals surface area contributed by atoms with Crippen molar-refractivity contribution in [1.29, 1.82) is 5.26 Å². The average Bonchev–Trinajstić information content (AvgIpc) is 2.82. The number of nitrogens with zero attached hydrogens (tertiary/aromatic N) is 3. The predicted molar refractivity (Wildman–Crippen MR) is 62.0 cm³/mol. The minimum Gasteiger partial charge on any atom is -0.342 e. The molecular formula is C12H14N4O. The Kier molecular flexibility index (Phi) is 2.72. The number of rotatable bonds is 2. The van der Waals surface area contributed by atoms with Crippen LogP contribution in [0.5, 0.6) is 0 Å². The summed E-state index contributed by atoms with van der Waals surface area (Å²) in [7, 11) is 0. The number of aromatic nitrogens is 3. The largest absolute Gasteiger partial charge is 0.342 e. The maximum atomic E-state index is 8.71. The van der Waals surface area contributed by atoms with Gasteiger partial charge in [-0.1, -0.05) is 25.9 Å². The van der Waals surface area contributed by atoms with Crippen LogP contribution in [0.3, 0.4) is 0 Å². The molecule has 0 unspecified atom stereocenters. The van der Waals surface area contributed by atoms with E-state index in [0.29, 0.717) is 23.1 Å². The molecule has 88 valence electrons. The minimum atomic E-state index is 0.120. The molecule has 5 nitrogen and oxygen atoms in total. The van der Waals surface area contributed by atoms with Crippen LogP contribution in [0.2, 0.25) is 0 Å². The number of H-pyrrole nitrogens is 1. The van der Waals surface area contributed by atoms with Crippen molar-refractivity contribution in [1.82, 2.24) is 15.1 Å². The van der Waals surface area contributed by atoms with Gasteiger partial charge in [0.2, 0.25) is 0 Å². The van der Waals surface area contributed by atoms with Crippen molar-refractivity contribution in [3.05, 3.63) is 23.7 Å². The zero-order chi connectivity index (χ0) is 12.5. The maximum absolute atomic E-state index is 8.71. The van der Waals surface area contributed by atoms with Crippen LogP contribution in [0.1, 0.15) is 32.3 Å². The molecule has 2 aromatic rings. The summed E-state index contributed by atoms with van der Waals surface area (Å²) in [4.78, 5) is 7.19. The van der Waals surface area contributed by atoms with Crippen LogP contribution in [0.25, 0.3) is 11.6 Å². The Morgan fingerprint density at radius 2 is 2.18 bits per heavy atom. The third-order valence-electron chi connectivity index (χ3n) is 2.19. The summed E-state index contributed by atoms with van der Waals surface area (Å²) in [5.41, 5.74) is 1.28. The highest BCUT2D eigenvalue weighted by Crippen LogP contribution is 2.21. The molecule has 0 aliphatic rings. The monoisotopic (exact) mass is 230 g/mol. The molecule has 0 saturated heterocycles. The zero-order valence-corrected chi connectivity index (χ0v) is 10.1. The van der Waals surface area contributed by atoms with Crippen LogP contribution >= 0.6 is 0 Å². The molecule has 0 fully saturated rings. The highest BCUT2D eigenvalue weighted by molar-refractivity contribution is 5.49. The highest BCUT2D eigenvalue weighted by atomic mass is 16.5. The summed E-state index contributed by atoms with van der Waals surface area (Å²) in [6, 6.07) is 5.46. The van der Waals surface area contributed by atoms with Crippen molar-refractivity contribution in [3.8, 4) is 17.7 Å². The Labute approximate surface area is 99.5 Å². The lowest BCUT2D eigenvalue weighted by Crippen LogP contribution is -2.10. The van der Waals surface area contributed by atoms with E-state index in [0.717, 1.165) is 6.42 Å². The molecule has 0 aliphatic heterocycles. The number of aromatic amines is 1. The number of nitriles is 1. The van der Waals surface area contributed by atoms with Crippen LogP contribution in [-0.2, 0) is 6.42 Å². The van der Waals surface area contributed by atoms with E-state index < -0.39 is 0 Å². The standard InChI is InChI=1S/C12H14N4O/c1-12(2,3)6-10-15-11(17-16-10)9-5-4-8(7-13)14-9/h4-5,14H,6H2,1-3H3. The Morgan fingerprint density at radius 3 is 2.76 bits per heavy atom. The second-order valence-corrected chi connectivity index (χ2v) is 5.15. The smallest absolute Gasteiger partial charge is 0.274 e. The van der Waals surface area contributed by atoms with E-state index in [1.54, 1.807) is 12.1 Å². The van der Waals surface area contributed by atoms with E-state index in [1.807, 2.05) is 6.07 Å². The second kappa shape index (κ2) is 4.06. The first-order chi connectivity index (χ1) is 7.98. The van der Waals surface area contributed by atoms with E-state index in [9.17, 15) is 0 Å². The van der Waals surface area contributed by atoms with Gasteiger partial charge in [0, 0.05) is 6.42 Å². The zero-order valence-electron chi connectivity index (χ0n) is 10.1. The molecule has 0 atom stereocenters. The molecule has 2 rings (SSSR count). The van der Waals surface area contributed by atoms with E-state index >= 15 is 0 Å². The van der Waals surface area contributed by atoms with Crippen LogP contribution in [0.4, 0.5) is 0 Å². The fourth-order valence-electron chi connectivity index (χ4n) is 1.49. The highest BCUT2D eigenvalue weighted by Gasteiger charge is 2.17. The summed E-state index contributed by atoms with van der Waals surface area (Å²) in [6.45, 7) is 6.35. The first-order valence-electron chi connectivity index (χ1n) is 5.40. The average molecular weight is 230 g/mol. The van der Waals surface area contributed by atoms with Gasteiger partial charge >= 0.3 is 0 Å². The van der Waals surface area contributed by atoms with E-state index in [4.69, 9.17) is 9.78 Å². The summed E-state index contributed by atoms with van der Waals surface area (Å²) in [6.07, 6.45) is 0.752. The van der Waals surface area contributed by atoms with Gasteiger partial charge in [0.25, 0.3) is 5.89 Å². The molecule has 17 heavy (non-hydrogen) atoms. The van der Waals surface area contributed by atoms with Crippen molar-refractivity contribution < 1.29 is 4.52 Å². The van der Waals surface area contributed by atoms with Crippen LogP contribution < -0.4 is 0 Å². The second-order valence-electron chi connectivity index (χ2n) is 5.15. The molecule has 2 aromatic heterocycles. The van der Waals surface area contributed by atoms with Crippen molar-refractivity contribution in [2.24, 2.45) is 5.41 Å². The van der Waals surface area contributed by atoms with Crippen molar-refractivity contribution in [3.63, 3.8) is 0 Å². The van der Waals surface area contributed by atoms with E-state index in [1.165, 1.54) is 0 Å². The number of hydrogen-bond acceptors (Lipinski definition) is 4. The summed E-state index contributed by atoms with van der Waals surface area (Å²) in [5, 5.41) is 12.6. The fraction of sp³-hybridized carbons (Fsp3) is 0.417. The fourth-order valence-corrected chi connectivity index (χ4v) is 1.49. The third kappa shape index (κ3) is 2.72. The molecule has 0 bridgehead atoms. The van der Waals surface area contributed by atoms with Crippen molar-refractivity contribution in [2.45, 2.75) is 27.2 Å². The molecule has 0 aliphatic carbocycles. The molecule has 2 heterocycles. The Morgan fingerprint density at radius 1 is 1.41 bits per heavy atom. The van der Waals surface area contributed by atoms with E-state index in [-0.39, 0.29) is 5.41 Å². The first kappa shape index (κ1) is 11.4. The Bertz CT molecular complexity index is 554. The van der Waals surface area contributed by atoms with Gasteiger partial charge in [0.05, 0.1) is 0 Å². The molecule has 0 spiro atoms. The lowest BCUT2D eigenvalue weighted by molar-refractivity contribution is 0.374. The van der Waals surface area contributed by atoms with Gasteiger partial charge in [-0.3, -0.25) is 0 Å². The molecular weight excluding hydrogens is 216 g/mol. The number of nitrogens with one attached hydrogen (secondary N) is 1. The lowest BCUT2D eigenvalue weighted by atomic mass is 9.92. The number of hydrogen-bond donors (Lipinski definition) is 1. The molecule has 0 radical (unpaired) electrons. The predicted octanol–water partition coefficient (Wildman–Crippen LogP) is 2.52. The van der Waals surface area contributed by atoms with Crippen LogP contribution in [0, 0.1) is 16.7 Å². The quantitative estimate of drug-likeness (QED) is 0.859. The van der Waals surface area contributed by atoms with Crippen molar-refractivity contribution in [2.75, 3.05) is 0 Å². The summed E-state index contributed by atoms with van der Waals surface area (Å²) < 4.78 is 5.15. The SMILES string of the molecule is CC(C)(C)Cc1noc(-c2ccc(C#N)[nH]2)n1. The molecule has 0 saturated carbocycles. The maximum Gasteiger partial charge on any atom is 0.274 e. The Hall–Kier alpha value is -2.09. The van der Waals surface area contributed by atoms with E-state index in [2.05, 4.69) is 35.9 Å². The van der Waals surface area contributed by atoms with Crippen LogP contribution in [-0.4, -0.2) is 15.1 Å². The Balaban J connectivity index is 2.21. The van der Waals surface area contributed by atoms with Crippen LogP contribution in [0.15, 0.2) is 16.7 Å². The molecule has 1 N–H and O–H groups in total. The van der Waals surface area contributed by atoms with Crippen molar-refractivity contribution >= 4 is 0 Å². The normalized spacial score (nSPS) is 11.4. The summed E-state index contributed by atoms with van der Waals surface area (Å²) in [5.74, 6) is 1.10. The topological polar surface area (TPSA) is 78.5 Å². The van der Waals surface area contributed by atoms with Gasteiger partial charge in [-0.25, -0.2) is 0 Å². The minimum absolute atomic E-state index is 0.120. The van der Waals surface area contributed by atoms with Gasteiger partial charge in [0.15, 0.2) is 5.82 Å². The van der Waals surface area contributed by atoms with Gasteiger partial charge in [-0.15, -0.1) is 0 Å². The third-order valence-corrected chi connectivity index (χ3v) is 2.19.